The van der Waals surface area contributed by atoms with E-state index in [1.165, 1.54) is 11.3 Å². The number of carbonyl (C=O) groups excluding carboxylic acids is 1. The Bertz CT molecular complexity index is 150. The number of thiophene rings is 1. The molecule has 0 bridgehead atoms. The molecule has 0 saturated heterocycles. The lowest BCUT2D eigenvalue weighted by Gasteiger charge is -1.66. The van der Waals surface area contributed by atoms with E-state index < -0.39 is 0 Å². The van der Waals surface area contributed by atoms with Gasteiger partial charge in [-0.15, -0.1) is 11.3 Å². The lowest BCUT2D eigenvalue weighted by atomic mass is 10.5. The Labute approximate surface area is 60.8 Å². The van der Waals surface area contributed by atoms with E-state index in [9.17, 15) is 4.79 Å². The third kappa shape index (κ3) is 3.36. The summed E-state index contributed by atoms with van der Waals surface area (Å²) >= 11 is 1.45. The van der Waals surface area contributed by atoms with Crippen LogP contribution in [-0.4, -0.2) is 11.8 Å². The Kier molecular flexibility index (Phi) is 7.55. The predicted octanol–water partition coefficient (Wildman–Crippen LogP) is 0.794. The Balaban J connectivity index is 0. The Hall–Kier alpha value is -0.240. The van der Waals surface area contributed by atoms with Gasteiger partial charge >= 0.3 is 0 Å². The van der Waals surface area contributed by atoms with Crippen LogP contribution in [-0.2, 0) is 0 Å². The van der Waals surface area contributed by atoms with Crippen LogP contribution in [0, 0.1) is 0 Å². The average Bonchev–Trinajstić information content (AvgIpc) is 2.14. The maximum Gasteiger partial charge on any atom is 0.159 e. The second kappa shape index (κ2) is 5.89. The standard InChI is InChI=1S/C5H4OS.H2O.H3P/c6-4-5-2-1-3-7-5;;/h1-4H;1H2;1H3. The molecule has 0 aliphatic carbocycles. The van der Waals surface area contributed by atoms with Gasteiger partial charge in [0.2, 0.25) is 0 Å². The van der Waals surface area contributed by atoms with Gasteiger partial charge in [0, 0.05) is 0 Å². The van der Waals surface area contributed by atoms with E-state index in [2.05, 4.69) is 0 Å². The van der Waals surface area contributed by atoms with Crippen molar-refractivity contribution >= 4 is 27.5 Å². The summed E-state index contributed by atoms with van der Waals surface area (Å²) in [4.78, 5) is 10.7. The molecule has 1 aromatic rings. The fourth-order valence-electron chi connectivity index (χ4n) is 0.358. The molecule has 2 N–H and O–H groups in total. The van der Waals surface area contributed by atoms with Gasteiger partial charge in [-0.1, -0.05) is 6.07 Å². The summed E-state index contributed by atoms with van der Waals surface area (Å²) < 4.78 is 0. The molecule has 0 spiro atoms. The van der Waals surface area contributed by atoms with Crippen molar-refractivity contribution in [1.29, 1.82) is 0 Å². The molecule has 1 rings (SSSR count). The number of hydrogen-bond acceptors (Lipinski definition) is 2. The van der Waals surface area contributed by atoms with Crippen molar-refractivity contribution in [2.75, 3.05) is 0 Å². The smallest absolute Gasteiger partial charge is 0.159 e. The van der Waals surface area contributed by atoms with E-state index in [0.717, 1.165) is 11.2 Å². The first kappa shape index (κ1) is 11.5. The van der Waals surface area contributed by atoms with Crippen LogP contribution in [0.3, 0.4) is 0 Å². The van der Waals surface area contributed by atoms with Gasteiger partial charge in [0.25, 0.3) is 0 Å². The van der Waals surface area contributed by atoms with Crippen LogP contribution < -0.4 is 0 Å². The second-order valence-corrected chi connectivity index (χ2v) is 2.11. The molecule has 1 atom stereocenters. The summed E-state index contributed by atoms with van der Waals surface area (Å²) in [6, 6.07) is 3.64. The molecule has 0 aliphatic rings. The second-order valence-electron chi connectivity index (χ2n) is 1.13. The molecular formula is C5H9O2PS. The van der Waals surface area contributed by atoms with Gasteiger partial charge in [-0.25, -0.2) is 0 Å². The highest BCUT2D eigenvalue weighted by molar-refractivity contribution is 7.11. The van der Waals surface area contributed by atoms with Crippen molar-refractivity contribution < 1.29 is 10.3 Å². The zero-order valence-electron chi connectivity index (χ0n) is 4.83. The molecule has 0 saturated carbocycles. The molecule has 0 fully saturated rings. The van der Waals surface area contributed by atoms with Crippen LogP contribution in [0.4, 0.5) is 0 Å². The predicted molar refractivity (Wildman–Crippen MR) is 44.4 cm³/mol. The number of carbonyl (C=O) groups is 1. The normalized spacial score (nSPS) is 6.67. The number of rotatable bonds is 1. The summed E-state index contributed by atoms with van der Waals surface area (Å²) in [6.45, 7) is 0. The van der Waals surface area contributed by atoms with Crippen LogP contribution in [0.25, 0.3) is 0 Å². The summed E-state index contributed by atoms with van der Waals surface area (Å²) in [5, 5.41) is 1.88. The van der Waals surface area contributed by atoms with Gasteiger partial charge in [0.1, 0.15) is 0 Å². The summed E-state index contributed by atoms with van der Waals surface area (Å²) in [5.74, 6) is 0. The SMILES string of the molecule is O.O=Cc1cccs1.P. The quantitative estimate of drug-likeness (QED) is 0.447. The van der Waals surface area contributed by atoms with Gasteiger partial charge in [-0.2, -0.15) is 9.90 Å². The molecule has 2 nitrogen and oxygen atoms in total. The van der Waals surface area contributed by atoms with Gasteiger partial charge in [0.15, 0.2) is 6.29 Å². The molecule has 52 valence electrons. The van der Waals surface area contributed by atoms with Gasteiger partial charge in [-0.05, 0) is 11.4 Å². The summed E-state index contributed by atoms with van der Waals surface area (Å²) in [6.07, 6.45) is 0.852. The average molecular weight is 164 g/mol. The third-order valence-electron chi connectivity index (χ3n) is 0.659. The van der Waals surface area contributed by atoms with Crippen molar-refractivity contribution in [2.45, 2.75) is 0 Å². The van der Waals surface area contributed by atoms with E-state index >= 15 is 0 Å². The van der Waals surface area contributed by atoms with E-state index in [-0.39, 0.29) is 15.4 Å². The first-order chi connectivity index (χ1) is 3.43. The molecule has 0 aromatic carbocycles. The lowest BCUT2D eigenvalue weighted by molar-refractivity contribution is 0.112. The highest BCUT2D eigenvalue weighted by Crippen LogP contribution is 2.02. The molecule has 0 aliphatic heterocycles. The van der Waals surface area contributed by atoms with E-state index in [1.807, 2.05) is 11.4 Å². The van der Waals surface area contributed by atoms with E-state index in [0.29, 0.717) is 0 Å². The first-order valence-electron chi connectivity index (χ1n) is 1.92. The van der Waals surface area contributed by atoms with Crippen LogP contribution in [0.5, 0.6) is 0 Å². The molecule has 1 heterocycles. The zero-order chi connectivity index (χ0) is 5.11. The van der Waals surface area contributed by atoms with Gasteiger partial charge in [-0.3, -0.25) is 4.79 Å². The highest BCUT2D eigenvalue weighted by Gasteiger charge is 1.82. The van der Waals surface area contributed by atoms with Crippen molar-refractivity contribution in [3.8, 4) is 0 Å². The minimum absolute atomic E-state index is 0. The van der Waals surface area contributed by atoms with Crippen molar-refractivity contribution in [3.05, 3.63) is 22.4 Å². The maximum atomic E-state index is 9.88. The Morgan fingerprint density at radius 2 is 2.22 bits per heavy atom. The first-order valence-corrected chi connectivity index (χ1v) is 2.80. The Morgan fingerprint density at radius 1 is 1.56 bits per heavy atom. The molecular weight excluding hydrogens is 155 g/mol. The van der Waals surface area contributed by atoms with E-state index in [1.54, 1.807) is 6.07 Å². The van der Waals surface area contributed by atoms with Crippen LogP contribution in [0.1, 0.15) is 9.67 Å². The minimum atomic E-state index is 0. The van der Waals surface area contributed by atoms with Crippen molar-refractivity contribution in [1.82, 2.24) is 0 Å². The largest absolute Gasteiger partial charge is 0.412 e. The molecule has 4 heteroatoms. The fraction of sp³-hybridized carbons (Fsp3) is 0. The topological polar surface area (TPSA) is 48.6 Å². The monoisotopic (exact) mass is 164 g/mol. The summed E-state index contributed by atoms with van der Waals surface area (Å²) in [7, 11) is 0. The molecule has 1 aromatic heterocycles. The zero-order valence-corrected chi connectivity index (χ0v) is 7.06. The Morgan fingerprint density at radius 3 is 2.44 bits per heavy atom. The van der Waals surface area contributed by atoms with Gasteiger partial charge < -0.3 is 5.48 Å². The van der Waals surface area contributed by atoms with Crippen LogP contribution >= 0.6 is 21.2 Å². The fourth-order valence-corrected chi connectivity index (χ4v) is 0.885. The molecule has 1 unspecified atom stereocenters. The van der Waals surface area contributed by atoms with E-state index in [4.69, 9.17) is 0 Å². The maximum absolute atomic E-state index is 9.88. The molecule has 0 radical (unpaired) electrons. The van der Waals surface area contributed by atoms with Crippen LogP contribution in [0.15, 0.2) is 17.5 Å². The van der Waals surface area contributed by atoms with Gasteiger partial charge in [0.05, 0.1) is 4.88 Å². The third-order valence-corrected chi connectivity index (χ3v) is 1.46. The number of hydrogen-bond donors (Lipinski definition) is 0. The highest BCUT2D eigenvalue weighted by atomic mass is 32.1. The number of aldehydes is 1. The minimum Gasteiger partial charge on any atom is -0.412 e. The van der Waals surface area contributed by atoms with Crippen molar-refractivity contribution in [2.24, 2.45) is 0 Å². The lowest BCUT2D eigenvalue weighted by Crippen LogP contribution is -1.61. The molecule has 0 amide bonds. The molecule has 9 heavy (non-hydrogen) atoms. The van der Waals surface area contributed by atoms with Crippen LogP contribution in [0.2, 0.25) is 0 Å². The van der Waals surface area contributed by atoms with Crippen molar-refractivity contribution in [3.63, 3.8) is 0 Å². The summed E-state index contributed by atoms with van der Waals surface area (Å²) in [5.41, 5.74) is 0.